The first-order chi connectivity index (χ1) is 25.3. The van der Waals surface area contributed by atoms with Gasteiger partial charge in [-0.1, -0.05) is 41.5 Å². The first-order valence-corrected chi connectivity index (χ1v) is 20.7. The van der Waals surface area contributed by atoms with Crippen molar-refractivity contribution in [3.8, 4) is 0 Å². The molecule has 8 aliphatic rings. The molecule has 8 fully saturated rings. The Kier molecular flexibility index (Phi) is 9.70. The van der Waals surface area contributed by atoms with Gasteiger partial charge in [0.15, 0.2) is 12.6 Å². The monoisotopic (exact) mass is 766 g/mol. The van der Waals surface area contributed by atoms with E-state index in [9.17, 15) is 40.5 Å². The van der Waals surface area contributed by atoms with Gasteiger partial charge in [-0.05, 0) is 98.2 Å². The molecule has 0 aromatic rings. The summed E-state index contributed by atoms with van der Waals surface area (Å²) in [5.41, 5.74) is -1.75. The number of carbonyl (C=O) groups excluding carboxylic acids is 1. The summed E-state index contributed by atoms with van der Waals surface area (Å²) in [7, 11) is 0. The van der Waals surface area contributed by atoms with E-state index in [4.69, 9.17) is 23.7 Å². The molecule has 3 saturated heterocycles. The lowest BCUT2D eigenvalue weighted by Crippen LogP contribution is -2.74. The Morgan fingerprint density at radius 2 is 1.46 bits per heavy atom. The van der Waals surface area contributed by atoms with Crippen LogP contribution in [0.2, 0.25) is 0 Å². The van der Waals surface area contributed by atoms with Crippen LogP contribution in [0.25, 0.3) is 0 Å². The van der Waals surface area contributed by atoms with Crippen LogP contribution >= 0.6 is 0 Å². The Hall–Kier alpha value is -0.810. The van der Waals surface area contributed by atoms with Gasteiger partial charge in [-0.2, -0.15) is 0 Å². The summed E-state index contributed by atoms with van der Waals surface area (Å²) in [6, 6.07) is 0. The topological polar surface area (TPSA) is 205 Å². The van der Waals surface area contributed by atoms with Crippen molar-refractivity contribution in [2.45, 2.75) is 179 Å². The van der Waals surface area contributed by atoms with Crippen LogP contribution in [0.3, 0.4) is 0 Å². The average Bonchev–Trinajstić information content (AvgIpc) is 3.41. The molecule has 0 amide bonds. The Labute approximate surface area is 319 Å². The molecule has 0 radical (unpaired) electrons. The lowest BCUT2D eigenvalue weighted by molar-refractivity contribution is -0.358. The molecule has 20 atom stereocenters. The summed E-state index contributed by atoms with van der Waals surface area (Å²) in [5.74, 6) is 0.824. The molecule has 13 heteroatoms. The van der Waals surface area contributed by atoms with Crippen LogP contribution < -0.4 is 0 Å². The van der Waals surface area contributed by atoms with Crippen molar-refractivity contribution >= 4 is 6.29 Å². The molecule has 308 valence electrons. The number of hydrogen-bond acceptors (Lipinski definition) is 13. The van der Waals surface area contributed by atoms with Crippen molar-refractivity contribution in [1.82, 2.24) is 0 Å². The van der Waals surface area contributed by atoms with Gasteiger partial charge >= 0.3 is 0 Å². The Bertz CT molecular complexity index is 1440. The van der Waals surface area contributed by atoms with E-state index < -0.39 is 73.4 Å². The zero-order chi connectivity index (χ0) is 39.0. The number of fused-ring (bicyclic) bond motifs is 4. The van der Waals surface area contributed by atoms with Gasteiger partial charge in [0, 0.05) is 16.2 Å². The average molecular weight is 767 g/mol. The number of aliphatic hydroxyl groups excluding tert-OH is 7. The summed E-state index contributed by atoms with van der Waals surface area (Å²) < 4.78 is 31.0. The summed E-state index contributed by atoms with van der Waals surface area (Å²) in [4.78, 5) is 12.4. The van der Waals surface area contributed by atoms with Gasteiger partial charge in [-0.15, -0.1) is 0 Å². The lowest BCUT2D eigenvalue weighted by Gasteiger charge is -2.75. The summed E-state index contributed by atoms with van der Waals surface area (Å²) in [5, 5.41) is 75.0. The van der Waals surface area contributed by atoms with Crippen LogP contribution in [-0.4, -0.2) is 135 Å². The number of hydrogen-bond donors (Lipinski definition) is 7. The van der Waals surface area contributed by atoms with Crippen molar-refractivity contribution in [2.75, 3.05) is 19.8 Å². The van der Waals surface area contributed by atoms with Crippen LogP contribution in [0.4, 0.5) is 0 Å². The molecule has 2 bridgehead atoms. The molecular weight excluding hydrogens is 700 g/mol. The third-order valence-corrected chi connectivity index (χ3v) is 18.1. The molecule has 3 aliphatic heterocycles. The van der Waals surface area contributed by atoms with Crippen LogP contribution in [-0.2, 0) is 28.5 Å². The van der Waals surface area contributed by atoms with Crippen molar-refractivity contribution in [3.05, 3.63) is 0 Å². The maximum absolute atomic E-state index is 12.4. The zero-order valence-corrected chi connectivity index (χ0v) is 32.9. The minimum absolute atomic E-state index is 0.0278. The summed E-state index contributed by atoms with van der Waals surface area (Å²) in [6.45, 7) is 13.7. The molecule has 7 N–H and O–H groups in total. The van der Waals surface area contributed by atoms with Crippen molar-refractivity contribution in [2.24, 2.45) is 50.2 Å². The zero-order valence-electron chi connectivity index (χ0n) is 32.9. The molecule has 8 rings (SSSR count). The van der Waals surface area contributed by atoms with Crippen molar-refractivity contribution in [1.29, 1.82) is 0 Å². The summed E-state index contributed by atoms with van der Waals surface area (Å²) >= 11 is 0. The number of aliphatic hydroxyl groups is 7. The van der Waals surface area contributed by atoms with Crippen molar-refractivity contribution < 1.29 is 64.2 Å². The molecule has 54 heavy (non-hydrogen) atoms. The van der Waals surface area contributed by atoms with Gasteiger partial charge in [0.05, 0.1) is 37.6 Å². The molecule has 0 aromatic carbocycles. The Morgan fingerprint density at radius 1 is 0.741 bits per heavy atom. The largest absolute Gasteiger partial charge is 0.394 e. The fourth-order valence-electron chi connectivity index (χ4n) is 14.8. The molecule has 1 spiro atoms. The van der Waals surface area contributed by atoms with E-state index in [2.05, 4.69) is 41.5 Å². The highest BCUT2D eigenvalue weighted by Gasteiger charge is 2.80. The normalized spacial score (nSPS) is 59.4. The van der Waals surface area contributed by atoms with Gasteiger partial charge < -0.3 is 64.2 Å². The van der Waals surface area contributed by atoms with E-state index in [0.29, 0.717) is 12.5 Å². The number of rotatable bonds is 6. The third-order valence-electron chi connectivity index (χ3n) is 18.1. The maximum Gasteiger partial charge on any atom is 0.187 e. The second-order valence-corrected chi connectivity index (χ2v) is 20.6. The van der Waals surface area contributed by atoms with Gasteiger partial charge in [-0.3, -0.25) is 0 Å². The van der Waals surface area contributed by atoms with Gasteiger partial charge in [0.2, 0.25) is 0 Å². The standard InChI is InChI=1S/C41H66O13/c1-35(2)23-7-11-38(5)24(8-12-41-25-15-36(3,19-43)13-14-40(25,20-51-41)26(45)16-39(38,41)6)37(23,4)10-9-27(35)53-33-31(49)32(21(44)18-50-33)54-34-30(48)29(47)28(46)22(17-42)52-34/h19,21-34,42,44-49H,7-18,20H2,1-6H3/t21-,22+,23-,24+,25+,26+,27?,28+,29-,30+,31+,32-,33-,34-,36-,37-,38+,39-,40+,41-/m0/s1. The van der Waals surface area contributed by atoms with E-state index in [1.54, 1.807) is 0 Å². The molecule has 13 nitrogen and oxygen atoms in total. The maximum atomic E-state index is 12.4. The minimum atomic E-state index is -1.69. The number of carbonyl (C=O) groups is 1. The first-order valence-electron chi connectivity index (χ1n) is 20.7. The molecular formula is C41H66O13. The van der Waals surface area contributed by atoms with E-state index in [0.717, 1.165) is 70.5 Å². The lowest BCUT2D eigenvalue weighted by atomic mass is 9.30. The molecule has 1 unspecified atom stereocenters. The fraction of sp³-hybridized carbons (Fsp3) is 0.976. The van der Waals surface area contributed by atoms with Crippen LogP contribution in [0.5, 0.6) is 0 Å². The summed E-state index contributed by atoms with van der Waals surface area (Å²) in [6.07, 6.45) is -3.78. The number of ether oxygens (including phenoxy) is 5. The second kappa shape index (κ2) is 13.1. The van der Waals surface area contributed by atoms with Crippen LogP contribution in [0.15, 0.2) is 0 Å². The molecule has 3 heterocycles. The van der Waals surface area contributed by atoms with E-state index in [1.165, 1.54) is 0 Å². The quantitative estimate of drug-likeness (QED) is 0.153. The van der Waals surface area contributed by atoms with Gasteiger partial charge in [0.1, 0.15) is 49.0 Å². The predicted octanol–water partition coefficient (Wildman–Crippen LogP) is 1.82. The van der Waals surface area contributed by atoms with Gasteiger partial charge in [0.25, 0.3) is 0 Å². The first kappa shape index (κ1) is 40.0. The Balaban J connectivity index is 1.01. The molecule has 0 aromatic heterocycles. The highest BCUT2D eigenvalue weighted by molar-refractivity contribution is 5.59. The molecule has 5 saturated carbocycles. The Morgan fingerprint density at radius 3 is 2.17 bits per heavy atom. The fourth-order valence-corrected chi connectivity index (χ4v) is 14.8. The van der Waals surface area contributed by atoms with E-state index in [1.807, 2.05) is 0 Å². The van der Waals surface area contributed by atoms with E-state index >= 15 is 0 Å². The smallest absolute Gasteiger partial charge is 0.187 e. The van der Waals surface area contributed by atoms with Crippen LogP contribution in [0.1, 0.15) is 106 Å². The van der Waals surface area contributed by atoms with Gasteiger partial charge in [-0.25, -0.2) is 0 Å². The molecule has 5 aliphatic carbocycles. The highest BCUT2D eigenvalue weighted by Crippen LogP contribution is 2.80. The third kappa shape index (κ3) is 5.22. The van der Waals surface area contributed by atoms with E-state index in [-0.39, 0.29) is 57.2 Å². The van der Waals surface area contributed by atoms with Crippen molar-refractivity contribution in [3.63, 3.8) is 0 Å². The predicted molar refractivity (Wildman–Crippen MR) is 191 cm³/mol. The number of aldehydes is 1. The van der Waals surface area contributed by atoms with Crippen LogP contribution in [0, 0.1) is 50.2 Å². The highest BCUT2D eigenvalue weighted by atomic mass is 16.7. The second-order valence-electron chi connectivity index (χ2n) is 20.6. The minimum Gasteiger partial charge on any atom is -0.394 e. The SMILES string of the molecule is CC1(C)C(O[C@@H]2OC[C@H](O)[C@H](O[C@@H]3O[C@H](CO)[C@@H](O)[C@H](O)[C@H]3O)[C@H]2O)CC[C@]2(C)[C@H]3CC[C@]45OC[C@@]6(CC[C@](C)(C=O)C[C@H]64)[C@H](O)C[C@@]5(C)[C@]3(C)CC[C@@H]12.